The SMILES string of the molecule is Cc1cc(/C=C/c2ccccc2)cc(=O)o1. The molecule has 2 aromatic rings. The van der Waals surface area contributed by atoms with E-state index < -0.39 is 0 Å². The van der Waals surface area contributed by atoms with Crippen molar-refractivity contribution in [1.29, 1.82) is 0 Å². The van der Waals surface area contributed by atoms with Crippen LogP contribution in [0.2, 0.25) is 0 Å². The Kier molecular flexibility index (Phi) is 3.01. The Bertz CT molecular complexity index is 550. The van der Waals surface area contributed by atoms with E-state index in [4.69, 9.17) is 4.42 Å². The van der Waals surface area contributed by atoms with Gasteiger partial charge in [-0.2, -0.15) is 0 Å². The van der Waals surface area contributed by atoms with E-state index in [1.165, 1.54) is 6.07 Å². The molecule has 16 heavy (non-hydrogen) atoms. The highest BCUT2D eigenvalue weighted by atomic mass is 16.4. The fourth-order valence-electron chi connectivity index (χ4n) is 1.48. The molecule has 2 nitrogen and oxygen atoms in total. The summed E-state index contributed by atoms with van der Waals surface area (Å²) in [5.41, 5.74) is 1.65. The molecule has 0 unspecified atom stereocenters. The van der Waals surface area contributed by atoms with Crippen LogP contribution in [0.4, 0.5) is 0 Å². The van der Waals surface area contributed by atoms with Crippen LogP contribution in [0.25, 0.3) is 12.2 Å². The number of rotatable bonds is 2. The van der Waals surface area contributed by atoms with E-state index in [1.807, 2.05) is 48.6 Å². The summed E-state index contributed by atoms with van der Waals surface area (Å²) in [4.78, 5) is 11.1. The van der Waals surface area contributed by atoms with Crippen LogP contribution in [0.5, 0.6) is 0 Å². The van der Waals surface area contributed by atoms with Crippen LogP contribution in [0, 0.1) is 6.92 Å². The zero-order chi connectivity index (χ0) is 11.4. The van der Waals surface area contributed by atoms with Gasteiger partial charge in [0.15, 0.2) is 0 Å². The topological polar surface area (TPSA) is 30.2 Å². The predicted molar refractivity (Wildman–Crippen MR) is 65.1 cm³/mol. The van der Waals surface area contributed by atoms with Crippen LogP contribution >= 0.6 is 0 Å². The standard InChI is InChI=1S/C14H12O2/c1-11-9-13(10-14(15)16-11)8-7-12-5-3-2-4-6-12/h2-10H,1H3/b8-7+. The molecule has 1 aromatic carbocycles. The molecule has 0 fully saturated rings. The summed E-state index contributed by atoms with van der Waals surface area (Å²) in [5, 5.41) is 0. The molecule has 1 aromatic heterocycles. The predicted octanol–water partition coefficient (Wildman–Crippen LogP) is 3.12. The summed E-state index contributed by atoms with van der Waals surface area (Å²) >= 11 is 0. The lowest BCUT2D eigenvalue weighted by atomic mass is 10.1. The van der Waals surface area contributed by atoms with Crippen LogP contribution in [0.15, 0.2) is 51.7 Å². The van der Waals surface area contributed by atoms with Crippen LogP contribution in [0.3, 0.4) is 0 Å². The first-order valence-corrected chi connectivity index (χ1v) is 5.09. The molecule has 0 aliphatic carbocycles. The Labute approximate surface area is 93.9 Å². The fourth-order valence-corrected chi connectivity index (χ4v) is 1.48. The maximum atomic E-state index is 11.1. The maximum absolute atomic E-state index is 11.1. The third kappa shape index (κ3) is 2.70. The van der Waals surface area contributed by atoms with Crippen molar-refractivity contribution in [2.45, 2.75) is 6.92 Å². The quantitative estimate of drug-likeness (QED) is 0.765. The van der Waals surface area contributed by atoms with E-state index in [9.17, 15) is 4.79 Å². The van der Waals surface area contributed by atoms with E-state index in [0.717, 1.165) is 11.1 Å². The molecule has 1 heterocycles. The Morgan fingerprint density at radius 1 is 1.00 bits per heavy atom. The maximum Gasteiger partial charge on any atom is 0.336 e. The molecule has 0 saturated heterocycles. The monoisotopic (exact) mass is 212 g/mol. The van der Waals surface area contributed by atoms with Crippen molar-refractivity contribution in [2.24, 2.45) is 0 Å². The van der Waals surface area contributed by atoms with Crippen molar-refractivity contribution >= 4 is 12.2 Å². The first-order chi connectivity index (χ1) is 7.74. The second kappa shape index (κ2) is 4.62. The molecule has 80 valence electrons. The Morgan fingerprint density at radius 2 is 1.69 bits per heavy atom. The summed E-state index contributed by atoms with van der Waals surface area (Å²) in [6.07, 6.45) is 3.87. The number of hydrogen-bond donors (Lipinski definition) is 0. The molecule has 0 amide bonds. The third-order valence-electron chi connectivity index (χ3n) is 2.18. The van der Waals surface area contributed by atoms with Gasteiger partial charge in [-0.1, -0.05) is 42.5 Å². The lowest BCUT2D eigenvalue weighted by Gasteiger charge is -1.95. The van der Waals surface area contributed by atoms with Gasteiger partial charge in [0.1, 0.15) is 5.76 Å². The average molecular weight is 212 g/mol. The third-order valence-corrected chi connectivity index (χ3v) is 2.18. The van der Waals surface area contributed by atoms with E-state index in [-0.39, 0.29) is 5.63 Å². The van der Waals surface area contributed by atoms with Gasteiger partial charge in [-0.3, -0.25) is 0 Å². The Hall–Kier alpha value is -2.09. The molecule has 0 spiro atoms. The highest BCUT2D eigenvalue weighted by Crippen LogP contribution is 2.07. The van der Waals surface area contributed by atoms with Crippen LogP contribution in [-0.4, -0.2) is 0 Å². The minimum atomic E-state index is -0.312. The van der Waals surface area contributed by atoms with E-state index in [1.54, 1.807) is 6.92 Å². The van der Waals surface area contributed by atoms with Crippen LogP contribution < -0.4 is 5.63 Å². The smallest absolute Gasteiger partial charge is 0.336 e. The van der Waals surface area contributed by atoms with Crippen molar-refractivity contribution in [1.82, 2.24) is 0 Å². The lowest BCUT2D eigenvalue weighted by Crippen LogP contribution is -1.97. The molecule has 0 aliphatic rings. The van der Waals surface area contributed by atoms with Crippen molar-refractivity contribution in [3.05, 3.63) is 69.8 Å². The van der Waals surface area contributed by atoms with Gasteiger partial charge in [-0.15, -0.1) is 0 Å². The highest BCUT2D eigenvalue weighted by molar-refractivity contribution is 5.69. The van der Waals surface area contributed by atoms with Gasteiger partial charge in [0.05, 0.1) is 0 Å². The minimum Gasteiger partial charge on any atom is -0.428 e. The van der Waals surface area contributed by atoms with Gasteiger partial charge < -0.3 is 4.42 Å². The molecule has 0 bridgehead atoms. The zero-order valence-corrected chi connectivity index (χ0v) is 9.01. The Balaban J connectivity index is 2.27. The average Bonchev–Trinajstić information content (AvgIpc) is 2.27. The van der Waals surface area contributed by atoms with Gasteiger partial charge in [0, 0.05) is 6.07 Å². The van der Waals surface area contributed by atoms with Gasteiger partial charge in [0.2, 0.25) is 0 Å². The first-order valence-electron chi connectivity index (χ1n) is 5.09. The normalized spacial score (nSPS) is 10.8. The molecular weight excluding hydrogens is 200 g/mol. The molecule has 2 rings (SSSR count). The first kappa shape index (κ1) is 10.4. The molecular formula is C14H12O2. The van der Waals surface area contributed by atoms with Crippen molar-refractivity contribution in [2.75, 3.05) is 0 Å². The fraction of sp³-hybridized carbons (Fsp3) is 0.0714. The van der Waals surface area contributed by atoms with Gasteiger partial charge in [-0.05, 0) is 24.1 Å². The van der Waals surface area contributed by atoms with E-state index in [2.05, 4.69) is 0 Å². The molecule has 0 N–H and O–H groups in total. The molecule has 0 atom stereocenters. The summed E-state index contributed by atoms with van der Waals surface area (Å²) in [6, 6.07) is 13.3. The lowest BCUT2D eigenvalue weighted by molar-refractivity contribution is 0.480. The zero-order valence-electron chi connectivity index (χ0n) is 9.01. The van der Waals surface area contributed by atoms with Crippen LogP contribution in [-0.2, 0) is 0 Å². The minimum absolute atomic E-state index is 0.312. The van der Waals surface area contributed by atoms with Crippen molar-refractivity contribution < 1.29 is 4.42 Å². The van der Waals surface area contributed by atoms with Gasteiger partial charge in [-0.25, -0.2) is 4.79 Å². The molecule has 0 radical (unpaired) electrons. The van der Waals surface area contributed by atoms with E-state index in [0.29, 0.717) is 5.76 Å². The van der Waals surface area contributed by atoms with Crippen molar-refractivity contribution in [3.63, 3.8) is 0 Å². The number of hydrogen-bond acceptors (Lipinski definition) is 2. The Morgan fingerprint density at radius 3 is 2.38 bits per heavy atom. The molecule has 0 aliphatic heterocycles. The highest BCUT2D eigenvalue weighted by Gasteiger charge is 1.94. The second-order valence-electron chi connectivity index (χ2n) is 3.56. The summed E-state index contributed by atoms with van der Waals surface area (Å²) in [7, 11) is 0. The van der Waals surface area contributed by atoms with Crippen LogP contribution in [0.1, 0.15) is 16.9 Å². The summed E-state index contributed by atoms with van der Waals surface area (Å²) < 4.78 is 4.88. The second-order valence-corrected chi connectivity index (χ2v) is 3.56. The number of aryl methyl sites for hydroxylation is 1. The van der Waals surface area contributed by atoms with Crippen molar-refractivity contribution in [3.8, 4) is 0 Å². The number of benzene rings is 1. The van der Waals surface area contributed by atoms with Gasteiger partial charge in [0.25, 0.3) is 0 Å². The van der Waals surface area contributed by atoms with E-state index >= 15 is 0 Å². The molecule has 2 heteroatoms. The van der Waals surface area contributed by atoms with Gasteiger partial charge >= 0.3 is 5.63 Å². The molecule has 0 saturated carbocycles. The summed E-state index contributed by atoms with van der Waals surface area (Å²) in [6.45, 7) is 1.77. The summed E-state index contributed by atoms with van der Waals surface area (Å²) in [5.74, 6) is 0.625. The largest absolute Gasteiger partial charge is 0.428 e.